The number of hydrogen-bond donors (Lipinski definition) is 1. The van der Waals surface area contributed by atoms with Gasteiger partial charge in [0.1, 0.15) is 5.01 Å². The minimum Gasteiger partial charge on any atom is -0.461 e. The molecule has 6 nitrogen and oxygen atoms in total. The van der Waals surface area contributed by atoms with Crippen molar-refractivity contribution < 1.29 is 14.3 Å². The Morgan fingerprint density at radius 2 is 2.09 bits per heavy atom. The molecule has 0 atom stereocenters. The molecular weight excluding hydrogens is 314 g/mol. The summed E-state index contributed by atoms with van der Waals surface area (Å²) in [6.07, 6.45) is 5.63. The minimum atomic E-state index is -0.405. The predicted molar refractivity (Wildman–Crippen MR) is 89.6 cm³/mol. The van der Waals surface area contributed by atoms with Gasteiger partial charge in [0.25, 0.3) is 0 Å². The molecule has 1 aromatic heterocycles. The highest BCUT2D eigenvalue weighted by molar-refractivity contribution is 7.09. The molecule has 23 heavy (non-hydrogen) atoms. The van der Waals surface area contributed by atoms with E-state index in [9.17, 15) is 9.59 Å². The Bertz CT molecular complexity index is 526. The van der Waals surface area contributed by atoms with E-state index in [0.717, 1.165) is 30.7 Å². The number of thiazole rings is 1. The summed E-state index contributed by atoms with van der Waals surface area (Å²) in [5.74, 6) is -0.405. The number of carbonyl (C=O) groups excluding carboxylic acids is 2. The molecule has 2 rings (SSSR count). The van der Waals surface area contributed by atoms with Gasteiger partial charge in [-0.3, -0.25) is 0 Å². The Balaban J connectivity index is 2.07. The number of nitrogens with zero attached hydrogens (tertiary/aromatic N) is 2. The SMILES string of the molecule is CCNC(=O)N(Cc1nc(C(=O)OCC)cs1)C1CCCCC1. The second-order valence-electron chi connectivity index (χ2n) is 5.60. The summed E-state index contributed by atoms with van der Waals surface area (Å²) in [5.41, 5.74) is 0.325. The van der Waals surface area contributed by atoms with E-state index in [0.29, 0.717) is 25.4 Å². The maximum absolute atomic E-state index is 12.4. The lowest BCUT2D eigenvalue weighted by Crippen LogP contribution is -2.46. The van der Waals surface area contributed by atoms with E-state index < -0.39 is 5.97 Å². The van der Waals surface area contributed by atoms with E-state index in [1.807, 2.05) is 11.8 Å². The second-order valence-corrected chi connectivity index (χ2v) is 6.54. The molecule has 0 bridgehead atoms. The smallest absolute Gasteiger partial charge is 0.357 e. The summed E-state index contributed by atoms with van der Waals surface area (Å²) in [5, 5.41) is 5.35. The Morgan fingerprint density at radius 1 is 1.35 bits per heavy atom. The van der Waals surface area contributed by atoms with Crippen molar-refractivity contribution in [3.8, 4) is 0 Å². The average Bonchev–Trinajstić information content (AvgIpc) is 3.02. The van der Waals surface area contributed by atoms with Crippen molar-refractivity contribution in [3.05, 3.63) is 16.1 Å². The molecule has 0 spiro atoms. The molecule has 1 aromatic rings. The van der Waals surface area contributed by atoms with Crippen LogP contribution in [0.1, 0.15) is 61.4 Å². The van der Waals surface area contributed by atoms with Crippen LogP contribution in [-0.4, -0.2) is 41.1 Å². The summed E-state index contributed by atoms with van der Waals surface area (Å²) in [4.78, 5) is 30.3. The number of urea groups is 1. The molecule has 0 unspecified atom stereocenters. The monoisotopic (exact) mass is 339 g/mol. The number of hydrogen-bond acceptors (Lipinski definition) is 5. The van der Waals surface area contributed by atoms with Crippen LogP contribution in [0.2, 0.25) is 0 Å². The molecule has 128 valence electrons. The summed E-state index contributed by atoms with van der Waals surface area (Å²) in [6.45, 7) is 5.07. The summed E-state index contributed by atoms with van der Waals surface area (Å²) >= 11 is 1.40. The molecule has 1 aliphatic carbocycles. The van der Waals surface area contributed by atoms with Gasteiger partial charge in [0, 0.05) is 18.0 Å². The quantitative estimate of drug-likeness (QED) is 0.808. The van der Waals surface area contributed by atoms with Crippen molar-refractivity contribution in [2.75, 3.05) is 13.2 Å². The Morgan fingerprint density at radius 3 is 2.74 bits per heavy atom. The maximum atomic E-state index is 12.4. The van der Waals surface area contributed by atoms with Crippen LogP contribution in [0.25, 0.3) is 0 Å². The minimum absolute atomic E-state index is 0.0488. The fourth-order valence-corrected chi connectivity index (χ4v) is 3.60. The van der Waals surface area contributed by atoms with Crippen molar-refractivity contribution in [3.63, 3.8) is 0 Å². The first kappa shape index (κ1) is 17.7. The number of carbonyl (C=O) groups is 2. The Labute approximate surface area is 141 Å². The van der Waals surface area contributed by atoms with Gasteiger partial charge in [-0.15, -0.1) is 11.3 Å². The van der Waals surface area contributed by atoms with Gasteiger partial charge in [-0.25, -0.2) is 14.6 Å². The van der Waals surface area contributed by atoms with Crippen LogP contribution in [0.15, 0.2) is 5.38 Å². The Kier molecular flexibility index (Phi) is 6.83. The number of aromatic nitrogens is 1. The molecule has 0 radical (unpaired) electrons. The van der Waals surface area contributed by atoms with Gasteiger partial charge in [-0.05, 0) is 26.7 Å². The second kappa shape index (κ2) is 8.86. The topological polar surface area (TPSA) is 71.5 Å². The first-order chi connectivity index (χ1) is 11.2. The fraction of sp³-hybridized carbons (Fsp3) is 0.688. The zero-order chi connectivity index (χ0) is 16.7. The first-order valence-corrected chi connectivity index (χ1v) is 9.19. The normalized spacial score (nSPS) is 15.2. The average molecular weight is 339 g/mol. The number of ether oxygens (including phenoxy) is 1. The molecule has 1 aliphatic rings. The van der Waals surface area contributed by atoms with Crippen LogP contribution in [0.5, 0.6) is 0 Å². The molecule has 2 amide bonds. The Hall–Kier alpha value is -1.63. The molecular formula is C16H25N3O3S. The van der Waals surface area contributed by atoms with Gasteiger partial charge in [0.05, 0.1) is 13.2 Å². The van der Waals surface area contributed by atoms with Crippen LogP contribution >= 0.6 is 11.3 Å². The van der Waals surface area contributed by atoms with E-state index in [-0.39, 0.29) is 12.1 Å². The predicted octanol–water partition coefficient (Wildman–Crippen LogP) is 3.18. The highest BCUT2D eigenvalue weighted by Crippen LogP contribution is 2.25. The van der Waals surface area contributed by atoms with E-state index in [2.05, 4.69) is 10.3 Å². The van der Waals surface area contributed by atoms with Crippen LogP contribution in [-0.2, 0) is 11.3 Å². The van der Waals surface area contributed by atoms with Crippen LogP contribution < -0.4 is 5.32 Å². The summed E-state index contributed by atoms with van der Waals surface area (Å²) in [7, 11) is 0. The van der Waals surface area contributed by atoms with Crippen LogP contribution in [0.3, 0.4) is 0 Å². The van der Waals surface area contributed by atoms with Crippen molar-refractivity contribution in [1.29, 1.82) is 0 Å². The molecule has 0 aromatic carbocycles. The molecule has 0 aliphatic heterocycles. The summed E-state index contributed by atoms with van der Waals surface area (Å²) in [6, 6.07) is 0.206. The number of amides is 2. The van der Waals surface area contributed by atoms with Crippen molar-refractivity contribution in [2.45, 2.75) is 58.5 Å². The lowest BCUT2D eigenvalue weighted by atomic mass is 9.94. The van der Waals surface area contributed by atoms with E-state index in [1.54, 1.807) is 12.3 Å². The largest absolute Gasteiger partial charge is 0.461 e. The zero-order valence-electron chi connectivity index (χ0n) is 13.8. The van der Waals surface area contributed by atoms with Crippen molar-refractivity contribution in [1.82, 2.24) is 15.2 Å². The highest BCUT2D eigenvalue weighted by Gasteiger charge is 2.26. The molecule has 0 saturated heterocycles. The van der Waals surface area contributed by atoms with Crippen molar-refractivity contribution >= 4 is 23.3 Å². The van der Waals surface area contributed by atoms with Gasteiger partial charge in [-0.1, -0.05) is 19.3 Å². The molecule has 1 saturated carbocycles. The molecule has 1 heterocycles. The third-order valence-corrected chi connectivity index (χ3v) is 4.78. The number of nitrogens with one attached hydrogen (secondary N) is 1. The van der Waals surface area contributed by atoms with Gasteiger partial charge < -0.3 is 15.0 Å². The number of rotatable bonds is 6. The standard InChI is InChI=1S/C16H25N3O3S/c1-3-17-16(21)19(12-8-6-5-7-9-12)10-14-18-13(11-23-14)15(20)22-4-2/h11-12H,3-10H2,1-2H3,(H,17,21). The van der Waals surface area contributed by atoms with E-state index in [1.165, 1.54) is 17.8 Å². The molecule has 1 fully saturated rings. The van der Waals surface area contributed by atoms with Gasteiger partial charge in [-0.2, -0.15) is 0 Å². The molecule has 1 N–H and O–H groups in total. The highest BCUT2D eigenvalue weighted by atomic mass is 32.1. The zero-order valence-corrected chi connectivity index (χ0v) is 14.7. The van der Waals surface area contributed by atoms with Crippen molar-refractivity contribution in [2.24, 2.45) is 0 Å². The number of esters is 1. The maximum Gasteiger partial charge on any atom is 0.357 e. The van der Waals surface area contributed by atoms with Crippen LogP contribution in [0.4, 0.5) is 4.79 Å². The first-order valence-electron chi connectivity index (χ1n) is 8.31. The summed E-state index contributed by atoms with van der Waals surface area (Å²) < 4.78 is 4.96. The van der Waals surface area contributed by atoms with E-state index in [4.69, 9.17) is 4.74 Å². The van der Waals surface area contributed by atoms with Gasteiger partial charge in [0.15, 0.2) is 5.69 Å². The lowest BCUT2D eigenvalue weighted by Gasteiger charge is -2.33. The van der Waals surface area contributed by atoms with Crippen LogP contribution in [0, 0.1) is 0 Å². The van der Waals surface area contributed by atoms with Gasteiger partial charge in [0.2, 0.25) is 0 Å². The lowest BCUT2D eigenvalue weighted by molar-refractivity contribution is 0.0520. The third kappa shape index (κ3) is 4.92. The third-order valence-electron chi connectivity index (χ3n) is 3.95. The van der Waals surface area contributed by atoms with E-state index >= 15 is 0 Å². The fourth-order valence-electron chi connectivity index (χ4n) is 2.84. The van der Waals surface area contributed by atoms with Gasteiger partial charge >= 0.3 is 12.0 Å². The molecule has 7 heteroatoms.